The molecule has 1 aromatic rings. The molecular formula is C13H18BrN. The highest BCUT2D eigenvalue weighted by Gasteiger charge is 2.24. The highest BCUT2D eigenvalue weighted by Crippen LogP contribution is 2.36. The quantitative estimate of drug-likeness (QED) is 0.748. The number of alkyl halides is 1. The summed E-state index contributed by atoms with van der Waals surface area (Å²) < 4.78 is 0. The van der Waals surface area contributed by atoms with Crippen molar-refractivity contribution < 1.29 is 0 Å². The first-order valence-electron chi connectivity index (χ1n) is 5.82. The Labute approximate surface area is 100 Å². The molecule has 2 atom stereocenters. The number of hydrogen-bond acceptors (Lipinski definition) is 1. The Bertz CT molecular complexity index is 295. The fourth-order valence-corrected chi connectivity index (χ4v) is 2.88. The number of hydrogen-bond donors (Lipinski definition) is 0. The van der Waals surface area contributed by atoms with E-state index in [2.05, 4.69) is 40.0 Å². The van der Waals surface area contributed by atoms with Crippen LogP contribution in [0.1, 0.15) is 44.2 Å². The van der Waals surface area contributed by atoms with Gasteiger partial charge in [0.2, 0.25) is 0 Å². The van der Waals surface area contributed by atoms with E-state index in [0.29, 0.717) is 10.7 Å². The Balaban J connectivity index is 1.91. The number of pyridine rings is 1. The predicted molar refractivity (Wildman–Crippen MR) is 67.3 cm³/mol. The summed E-state index contributed by atoms with van der Waals surface area (Å²) in [7, 11) is 0. The van der Waals surface area contributed by atoms with Gasteiger partial charge in [-0.3, -0.25) is 4.98 Å². The molecule has 0 amide bonds. The van der Waals surface area contributed by atoms with E-state index in [1.807, 2.05) is 12.3 Å². The first-order valence-corrected chi connectivity index (χ1v) is 6.74. The Morgan fingerprint density at radius 2 is 2.27 bits per heavy atom. The second-order valence-corrected chi connectivity index (χ2v) is 5.77. The van der Waals surface area contributed by atoms with E-state index in [1.54, 1.807) is 0 Å². The van der Waals surface area contributed by atoms with Crippen LogP contribution in [0.15, 0.2) is 24.4 Å². The fourth-order valence-electron chi connectivity index (χ4n) is 2.08. The van der Waals surface area contributed by atoms with Crippen molar-refractivity contribution in [3.8, 4) is 0 Å². The second-order valence-electron chi connectivity index (χ2n) is 4.59. The number of halogens is 1. The summed E-state index contributed by atoms with van der Waals surface area (Å²) in [6.07, 6.45) is 7.48. The maximum absolute atomic E-state index is 4.42. The van der Waals surface area contributed by atoms with Crippen molar-refractivity contribution in [3.05, 3.63) is 30.1 Å². The van der Waals surface area contributed by atoms with Crippen LogP contribution >= 0.6 is 15.9 Å². The molecule has 0 bridgehead atoms. The standard InChI is InChI=1S/C13H18BrN/c1-10(13-7-2-3-8-15-13)12(14)9-11-5-4-6-11/h2-3,7-8,10-12H,4-6,9H2,1H3. The van der Waals surface area contributed by atoms with Crippen LogP contribution in [-0.2, 0) is 0 Å². The molecule has 2 heteroatoms. The summed E-state index contributed by atoms with van der Waals surface area (Å²) >= 11 is 3.82. The van der Waals surface area contributed by atoms with Gasteiger partial charge in [0.05, 0.1) is 0 Å². The van der Waals surface area contributed by atoms with Crippen LogP contribution in [-0.4, -0.2) is 9.81 Å². The van der Waals surface area contributed by atoms with Crippen LogP contribution in [0.4, 0.5) is 0 Å². The Morgan fingerprint density at radius 1 is 1.47 bits per heavy atom. The number of rotatable bonds is 4. The van der Waals surface area contributed by atoms with Crippen molar-refractivity contribution in [2.75, 3.05) is 0 Å². The van der Waals surface area contributed by atoms with Gasteiger partial charge in [-0.2, -0.15) is 0 Å². The summed E-state index contributed by atoms with van der Waals surface area (Å²) in [4.78, 5) is 5.00. The third-order valence-corrected chi connectivity index (χ3v) is 4.65. The van der Waals surface area contributed by atoms with E-state index < -0.39 is 0 Å². The average Bonchev–Trinajstić information content (AvgIpc) is 2.23. The topological polar surface area (TPSA) is 12.9 Å². The van der Waals surface area contributed by atoms with Crippen molar-refractivity contribution in [2.45, 2.75) is 43.4 Å². The van der Waals surface area contributed by atoms with Crippen molar-refractivity contribution in [3.63, 3.8) is 0 Å². The molecule has 1 aromatic heterocycles. The molecule has 1 aliphatic carbocycles. The van der Waals surface area contributed by atoms with E-state index in [0.717, 1.165) is 5.92 Å². The minimum Gasteiger partial charge on any atom is -0.261 e. The van der Waals surface area contributed by atoms with Crippen molar-refractivity contribution in [1.29, 1.82) is 0 Å². The Kier molecular flexibility index (Phi) is 3.79. The van der Waals surface area contributed by atoms with Gasteiger partial charge in [0.25, 0.3) is 0 Å². The zero-order valence-electron chi connectivity index (χ0n) is 9.20. The molecule has 0 radical (unpaired) electrons. The number of nitrogens with zero attached hydrogens (tertiary/aromatic N) is 1. The molecule has 1 nitrogen and oxygen atoms in total. The summed E-state index contributed by atoms with van der Waals surface area (Å²) in [6, 6.07) is 6.17. The van der Waals surface area contributed by atoms with Crippen LogP contribution in [0.25, 0.3) is 0 Å². The largest absolute Gasteiger partial charge is 0.261 e. The molecule has 0 aliphatic heterocycles. The maximum Gasteiger partial charge on any atom is 0.0442 e. The lowest BCUT2D eigenvalue weighted by molar-refractivity contribution is 0.289. The SMILES string of the molecule is CC(c1ccccn1)C(Br)CC1CCC1. The third-order valence-electron chi connectivity index (χ3n) is 3.48. The molecule has 1 fully saturated rings. The summed E-state index contributed by atoms with van der Waals surface area (Å²) in [5.41, 5.74) is 1.21. The van der Waals surface area contributed by atoms with E-state index in [1.165, 1.54) is 31.4 Å². The number of aromatic nitrogens is 1. The van der Waals surface area contributed by atoms with E-state index >= 15 is 0 Å². The molecule has 0 aromatic carbocycles. The Morgan fingerprint density at radius 3 is 2.80 bits per heavy atom. The molecule has 1 heterocycles. The van der Waals surface area contributed by atoms with Gasteiger partial charge >= 0.3 is 0 Å². The molecule has 0 saturated heterocycles. The molecule has 82 valence electrons. The van der Waals surface area contributed by atoms with Gasteiger partial charge in [-0.15, -0.1) is 0 Å². The fraction of sp³-hybridized carbons (Fsp3) is 0.615. The molecule has 1 saturated carbocycles. The molecule has 15 heavy (non-hydrogen) atoms. The van der Waals surface area contributed by atoms with Crippen LogP contribution in [0.3, 0.4) is 0 Å². The Hall–Kier alpha value is -0.370. The molecule has 1 aliphatic rings. The lowest BCUT2D eigenvalue weighted by Gasteiger charge is -2.29. The van der Waals surface area contributed by atoms with E-state index in [-0.39, 0.29) is 0 Å². The lowest BCUT2D eigenvalue weighted by Crippen LogP contribution is -2.20. The minimum atomic E-state index is 0.520. The van der Waals surface area contributed by atoms with E-state index in [9.17, 15) is 0 Å². The van der Waals surface area contributed by atoms with Crippen LogP contribution in [0.5, 0.6) is 0 Å². The van der Waals surface area contributed by atoms with Gasteiger partial charge in [-0.05, 0) is 24.5 Å². The van der Waals surface area contributed by atoms with Crippen molar-refractivity contribution >= 4 is 15.9 Å². The molecular weight excluding hydrogens is 250 g/mol. The van der Waals surface area contributed by atoms with Gasteiger partial charge in [0, 0.05) is 22.6 Å². The smallest absolute Gasteiger partial charge is 0.0442 e. The van der Waals surface area contributed by atoms with Gasteiger partial charge in [-0.1, -0.05) is 48.2 Å². The highest BCUT2D eigenvalue weighted by molar-refractivity contribution is 9.09. The van der Waals surface area contributed by atoms with Crippen molar-refractivity contribution in [1.82, 2.24) is 4.98 Å². The second kappa shape index (κ2) is 5.11. The zero-order chi connectivity index (χ0) is 10.7. The van der Waals surface area contributed by atoms with Gasteiger partial charge < -0.3 is 0 Å². The molecule has 0 spiro atoms. The van der Waals surface area contributed by atoms with Crippen LogP contribution < -0.4 is 0 Å². The first kappa shape index (κ1) is 11.1. The van der Waals surface area contributed by atoms with E-state index in [4.69, 9.17) is 0 Å². The monoisotopic (exact) mass is 267 g/mol. The van der Waals surface area contributed by atoms with Crippen LogP contribution in [0, 0.1) is 5.92 Å². The van der Waals surface area contributed by atoms with Gasteiger partial charge in [0.15, 0.2) is 0 Å². The van der Waals surface area contributed by atoms with Gasteiger partial charge in [0.1, 0.15) is 0 Å². The predicted octanol–water partition coefficient (Wildman–Crippen LogP) is 4.14. The molecule has 0 N–H and O–H groups in total. The first-order chi connectivity index (χ1) is 7.27. The average molecular weight is 268 g/mol. The minimum absolute atomic E-state index is 0.520. The van der Waals surface area contributed by atoms with Crippen molar-refractivity contribution in [2.24, 2.45) is 5.92 Å². The van der Waals surface area contributed by atoms with Gasteiger partial charge in [-0.25, -0.2) is 0 Å². The summed E-state index contributed by atoms with van der Waals surface area (Å²) in [5.74, 6) is 1.48. The van der Waals surface area contributed by atoms with Crippen LogP contribution in [0.2, 0.25) is 0 Å². The molecule has 2 rings (SSSR count). The maximum atomic E-state index is 4.42. The highest BCUT2D eigenvalue weighted by atomic mass is 79.9. The molecule has 2 unspecified atom stereocenters. The normalized spacial score (nSPS) is 20.7. The summed E-state index contributed by atoms with van der Waals surface area (Å²) in [6.45, 7) is 2.26. The summed E-state index contributed by atoms with van der Waals surface area (Å²) in [5, 5.41) is 0. The lowest BCUT2D eigenvalue weighted by atomic mass is 9.80. The third kappa shape index (κ3) is 2.81. The zero-order valence-corrected chi connectivity index (χ0v) is 10.8.